The fourth-order valence-electron chi connectivity index (χ4n) is 3.42. The van der Waals surface area contributed by atoms with Crippen molar-refractivity contribution in [2.45, 2.75) is 19.4 Å². The summed E-state index contributed by atoms with van der Waals surface area (Å²) in [6, 6.07) is 19.2. The molecule has 0 spiro atoms. The predicted octanol–water partition coefficient (Wildman–Crippen LogP) is 3.05. The summed E-state index contributed by atoms with van der Waals surface area (Å²) in [5.41, 5.74) is 1.82. The summed E-state index contributed by atoms with van der Waals surface area (Å²) in [7, 11) is 0. The lowest BCUT2D eigenvalue weighted by Gasteiger charge is -2.34. The van der Waals surface area contributed by atoms with Crippen LogP contribution < -0.4 is 5.32 Å². The Kier molecular flexibility index (Phi) is 7.59. The van der Waals surface area contributed by atoms with Crippen molar-refractivity contribution in [3.63, 3.8) is 0 Å². The van der Waals surface area contributed by atoms with Crippen molar-refractivity contribution in [2.75, 3.05) is 32.7 Å². The summed E-state index contributed by atoms with van der Waals surface area (Å²) < 4.78 is 0. The Balaban J connectivity index is 1.38. The second-order valence-electron chi connectivity index (χ2n) is 7.44. The molecular weight excluding hydrogens is 362 g/mol. The molecule has 1 aliphatic rings. The molecule has 0 saturated carbocycles. The minimum Gasteiger partial charge on any atom is -0.349 e. The zero-order valence-corrected chi connectivity index (χ0v) is 17.0. The molecule has 1 saturated heterocycles. The maximum atomic E-state index is 12.6. The van der Waals surface area contributed by atoms with Gasteiger partial charge in [-0.25, -0.2) is 0 Å². The molecule has 1 unspecified atom stereocenters. The Hall–Kier alpha value is -2.92. The Bertz CT molecular complexity index is 813. The number of hydrogen-bond donors (Lipinski definition) is 1. The van der Waals surface area contributed by atoms with E-state index in [4.69, 9.17) is 0 Å². The summed E-state index contributed by atoms with van der Waals surface area (Å²) in [6.45, 7) is 5.98. The van der Waals surface area contributed by atoms with E-state index in [9.17, 15) is 9.59 Å². The SMILES string of the molecule is CC(CC(=O)N1CCN(C/C=C/c2ccccc2)CC1)NC(=O)c1ccccc1. The van der Waals surface area contributed by atoms with Gasteiger partial charge < -0.3 is 10.2 Å². The van der Waals surface area contributed by atoms with Crippen LogP contribution in [0.5, 0.6) is 0 Å². The van der Waals surface area contributed by atoms with Gasteiger partial charge in [0.15, 0.2) is 0 Å². The maximum Gasteiger partial charge on any atom is 0.251 e. The first-order chi connectivity index (χ1) is 14.1. The van der Waals surface area contributed by atoms with Crippen LogP contribution in [0, 0.1) is 0 Å². The molecule has 0 radical (unpaired) electrons. The average molecular weight is 392 g/mol. The molecule has 1 atom stereocenters. The van der Waals surface area contributed by atoms with Crippen LogP contribution >= 0.6 is 0 Å². The quantitative estimate of drug-likeness (QED) is 0.789. The first-order valence-electron chi connectivity index (χ1n) is 10.2. The monoisotopic (exact) mass is 391 g/mol. The van der Waals surface area contributed by atoms with E-state index in [1.165, 1.54) is 5.56 Å². The highest BCUT2D eigenvalue weighted by molar-refractivity contribution is 5.94. The molecule has 0 aromatic heterocycles. The van der Waals surface area contributed by atoms with Crippen molar-refractivity contribution in [3.8, 4) is 0 Å². The molecule has 5 nitrogen and oxygen atoms in total. The zero-order chi connectivity index (χ0) is 20.5. The van der Waals surface area contributed by atoms with E-state index in [1.807, 2.05) is 48.2 Å². The first-order valence-corrected chi connectivity index (χ1v) is 10.2. The molecule has 2 aromatic rings. The molecule has 1 fully saturated rings. The molecule has 1 N–H and O–H groups in total. The molecule has 1 aliphatic heterocycles. The predicted molar refractivity (Wildman–Crippen MR) is 116 cm³/mol. The number of carbonyl (C=O) groups excluding carboxylic acids is 2. The van der Waals surface area contributed by atoms with Gasteiger partial charge in [0, 0.05) is 50.7 Å². The fraction of sp³-hybridized carbons (Fsp3) is 0.333. The van der Waals surface area contributed by atoms with Crippen LogP contribution in [-0.2, 0) is 4.79 Å². The third kappa shape index (κ3) is 6.57. The fourth-order valence-corrected chi connectivity index (χ4v) is 3.42. The largest absolute Gasteiger partial charge is 0.349 e. The first kappa shape index (κ1) is 20.8. The van der Waals surface area contributed by atoms with Crippen LogP contribution in [0.4, 0.5) is 0 Å². The molecule has 2 amide bonds. The zero-order valence-electron chi connectivity index (χ0n) is 17.0. The van der Waals surface area contributed by atoms with Crippen LogP contribution in [-0.4, -0.2) is 60.4 Å². The second-order valence-corrected chi connectivity index (χ2v) is 7.44. The lowest BCUT2D eigenvalue weighted by atomic mass is 10.1. The molecule has 0 bridgehead atoms. The lowest BCUT2D eigenvalue weighted by Crippen LogP contribution is -2.49. The lowest BCUT2D eigenvalue weighted by molar-refractivity contribution is -0.133. The summed E-state index contributed by atoms with van der Waals surface area (Å²) in [4.78, 5) is 29.0. The number of amides is 2. The van der Waals surface area contributed by atoms with Crippen molar-refractivity contribution in [2.24, 2.45) is 0 Å². The van der Waals surface area contributed by atoms with Crippen molar-refractivity contribution < 1.29 is 9.59 Å². The smallest absolute Gasteiger partial charge is 0.251 e. The van der Waals surface area contributed by atoms with Gasteiger partial charge in [-0.15, -0.1) is 0 Å². The van der Waals surface area contributed by atoms with Crippen LogP contribution in [0.2, 0.25) is 0 Å². The van der Waals surface area contributed by atoms with Crippen LogP contribution in [0.1, 0.15) is 29.3 Å². The normalized spacial score (nSPS) is 16.0. The topological polar surface area (TPSA) is 52.7 Å². The average Bonchev–Trinajstić information content (AvgIpc) is 2.75. The van der Waals surface area contributed by atoms with Crippen molar-refractivity contribution in [1.29, 1.82) is 0 Å². The highest BCUT2D eigenvalue weighted by Gasteiger charge is 2.22. The molecule has 152 valence electrons. The van der Waals surface area contributed by atoms with Gasteiger partial charge >= 0.3 is 0 Å². The molecule has 3 rings (SSSR count). The highest BCUT2D eigenvalue weighted by atomic mass is 16.2. The summed E-state index contributed by atoms with van der Waals surface area (Å²) in [6.07, 6.45) is 4.63. The number of carbonyl (C=O) groups is 2. The van der Waals surface area contributed by atoms with Crippen LogP contribution in [0.15, 0.2) is 66.7 Å². The Labute approximate surface area is 173 Å². The third-order valence-electron chi connectivity index (χ3n) is 5.09. The maximum absolute atomic E-state index is 12.6. The number of piperazine rings is 1. The number of benzene rings is 2. The number of nitrogens with one attached hydrogen (secondary N) is 1. The van der Waals surface area contributed by atoms with Gasteiger partial charge in [-0.3, -0.25) is 14.5 Å². The van der Waals surface area contributed by atoms with Gasteiger partial charge in [-0.05, 0) is 24.6 Å². The van der Waals surface area contributed by atoms with E-state index in [0.717, 1.165) is 32.7 Å². The van der Waals surface area contributed by atoms with E-state index in [2.05, 4.69) is 34.5 Å². The standard InChI is InChI=1S/C24H29N3O2/c1-20(25-24(29)22-12-6-3-7-13-22)19-23(28)27-17-15-26(16-18-27)14-8-11-21-9-4-2-5-10-21/h2-13,20H,14-19H2,1H3,(H,25,29)/b11-8+. The van der Waals surface area contributed by atoms with Gasteiger partial charge in [-0.1, -0.05) is 60.7 Å². The summed E-state index contributed by atoms with van der Waals surface area (Å²) >= 11 is 0. The number of nitrogens with zero attached hydrogens (tertiary/aromatic N) is 2. The van der Waals surface area contributed by atoms with E-state index in [1.54, 1.807) is 12.1 Å². The number of rotatable bonds is 7. The van der Waals surface area contributed by atoms with E-state index < -0.39 is 0 Å². The third-order valence-corrected chi connectivity index (χ3v) is 5.09. The van der Waals surface area contributed by atoms with Gasteiger partial charge in [0.1, 0.15) is 0 Å². The highest BCUT2D eigenvalue weighted by Crippen LogP contribution is 2.08. The van der Waals surface area contributed by atoms with E-state index >= 15 is 0 Å². The Morgan fingerprint density at radius 1 is 0.966 bits per heavy atom. The van der Waals surface area contributed by atoms with E-state index in [0.29, 0.717) is 12.0 Å². The van der Waals surface area contributed by atoms with Gasteiger partial charge in [0.2, 0.25) is 5.91 Å². The van der Waals surface area contributed by atoms with Crippen LogP contribution in [0.3, 0.4) is 0 Å². The van der Waals surface area contributed by atoms with Crippen molar-refractivity contribution in [3.05, 3.63) is 77.9 Å². The molecule has 2 aromatic carbocycles. The molecular formula is C24H29N3O2. The summed E-state index contributed by atoms with van der Waals surface area (Å²) in [5, 5.41) is 2.91. The minimum atomic E-state index is -0.193. The van der Waals surface area contributed by atoms with Crippen LogP contribution in [0.25, 0.3) is 6.08 Å². The van der Waals surface area contributed by atoms with Gasteiger partial charge in [0.05, 0.1) is 0 Å². The molecule has 0 aliphatic carbocycles. The molecule has 1 heterocycles. The van der Waals surface area contributed by atoms with E-state index in [-0.39, 0.29) is 17.9 Å². The van der Waals surface area contributed by atoms with Crippen molar-refractivity contribution >= 4 is 17.9 Å². The molecule has 29 heavy (non-hydrogen) atoms. The Morgan fingerprint density at radius 2 is 1.59 bits per heavy atom. The summed E-state index contributed by atoms with van der Waals surface area (Å²) in [5.74, 6) is -0.0359. The number of hydrogen-bond acceptors (Lipinski definition) is 3. The van der Waals surface area contributed by atoms with Crippen molar-refractivity contribution in [1.82, 2.24) is 15.1 Å². The Morgan fingerprint density at radius 3 is 2.24 bits per heavy atom. The minimum absolute atomic E-state index is 0.102. The second kappa shape index (κ2) is 10.6. The van der Waals surface area contributed by atoms with Gasteiger partial charge in [-0.2, -0.15) is 0 Å². The molecule has 5 heteroatoms. The van der Waals surface area contributed by atoms with Gasteiger partial charge in [0.25, 0.3) is 5.91 Å².